The fourth-order valence-electron chi connectivity index (χ4n) is 1.62. The average molecular weight is 380 g/mol. The van der Waals surface area contributed by atoms with Crippen LogP contribution >= 0.6 is 27.7 Å². The molecule has 2 aromatic rings. The lowest BCUT2D eigenvalue weighted by Crippen LogP contribution is -2.14. The van der Waals surface area contributed by atoms with E-state index in [0.29, 0.717) is 11.4 Å². The van der Waals surface area contributed by atoms with Crippen LogP contribution in [-0.2, 0) is 9.59 Å². The number of benzene rings is 1. The highest BCUT2D eigenvalue weighted by Crippen LogP contribution is 2.18. The quantitative estimate of drug-likeness (QED) is 0.779. The number of hydrogen-bond donors (Lipinski definition) is 2. The smallest absolute Gasteiger partial charge is 0.234 e. The maximum Gasteiger partial charge on any atom is 0.234 e. The molecule has 0 atom stereocenters. The Kier molecular flexibility index (Phi) is 5.97. The predicted molar refractivity (Wildman–Crippen MR) is 92.0 cm³/mol. The largest absolute Gasteiger partial charge is 0.326 e. The van der Waals surface area contributed by atoms with Crippen LogP contribution in [-0.4, -0.2) is 22.6 Å². The molecule has 7 heteroatoms. The lowest BCUT2D eigenvalue weighted by molar-refractivity contribution is -0.114. The summed E-state index contributed by atoms with van der Waals surface area (Å²) in [5, 5.41) is 6.25. The molecule has 1 aromatic heterocycles. The number of anilines is 2. The molecule has 0 aliphatic heterocycles. The van der Waals surface area contributed by atoms with Gasteiger partial charge in [-0.2, -0.15) is 0 Å². The molecule has 22 heavy (non-hydrogen) atoms. The second-order valence-electron chi connectivity index (χ2n) is 4.41. The summed E-state index contributed by atoms with van der Waals surface area (Å²) in [5.41, 5.74) is 1.38. The SMILES string of the molecule is CC(=O)Nc1ccc(NC(=O)CSc2ccc(Br)cn2)cc1. The molecule has 0 aliphatic rings. The molecule has 0 spiro atoms. The molecule has 0 fully saturated rings. The summed E-state index contributed by atoms with van der Waals surface area (Å²) in [5.74, 6) is 0.0411. The zero-order chi connectivity index (χ0) is 15.9. The van der Waals surface area contributed by atoms with Gasteiger partial charge in [0.15, 0.2) is 0 Å². The number of nitrogens with one attached hydrogen (secondary N) is 2. The Morgan fingerprint density at radius 1 is 1.09 bits per heavy atom. The molecule has 2 amide bonds. The standard InChI is InChI=1S/C15H14BrN3O2S/c1-10(20)18-12-3-5-13(6-4-12)19-14(21)9-22-15-7-2-11(16)8-17-15/h2-8H,9H2,1H3,(H,18,20)(H,19,21). The Hall–Kier alpha value is -1.86. The van der Waals surface area contributed by atoms with Crippen molar-refractivity contribution in [3.8, 4) is 0 Å². The normalized spacial score (nSPS) is 10.1. The van der Waals surface area contributed by atoms with Gasteiger partial charge in [0.2, 0.25) is 11.8 Å². The number of thioether (sulfide) groups is 1. The van der Waals surface area contributed by atoms with Gasteiger partial charge in [-0.1, -0.05) is 11.8 Å². The van der Waals surface area contributed by atoms with Gasteiger partial charge in [0.25, 0.3) is 0 Å². The van der Waals surface area contributed by atoms with Crippen molar-refractivity contribution >= 4 is 50.9 Å². The first kappa shape index (κ1) is 16.5. The number of carbonyl (C=O) groups is 2. The van der Waals surface area contributed by atoms with E-state index in [0.717, 1.165) is 9.50 Å². The van der Waals surface area contributed by atoms with Crippen LogP contribution in [0.1, 0.15) is 6.92 Å². The van der Waals surface area contributed by atoms with E-state index < -0.39 is 0 Å². The number of nitrogens with zero attached hydrogens (tertiary/aromatic N) is 1. The van der Waals surface area contributed by atoms with Crippen molar-refractivity contribution in [1.29, 1.82) is 0 Å². The van der Waals surface area contributed by atoms with Crippen LogP contribution in [0.2, 0.25) is 0 Å². The van der Waals surface area contributed by atoms with Gasteiger partial charge < -0.3 is 10.6 Å². The number of carbonyl (C=O) groups excluding carboxylic acids is 2. The van der Waals surface area contributed by atoms with E-state index in [1.54, 1.807) is 30.5 Å². The summed E-state index contributed by atoms with van der Waals surface area (Å²) in [4.78, 5) is 27.0. The Morgan fingerprint density at radius 3 is 2.27 bits per heavy atom. The van der Waals surface area contributed by atoms with Crippen LogP contribution in [0, 0.1) is 0 Å². The van der Waals surface area contributed by atoms with Gasteiger partial charge in [-0.25, -0.2) is 4.98 Å². The Labute approximate surface area is 141 Å². The highest BCUT2D eigenvalue weighted by Gasteiger charge is 2.05. The average Bonchev–Trinajstić information content (AvgIpc) is 2.48. The molecule has 2 N–H and O–H groups in total. The van der Waals surface area contributed by atoms with Gasteiger partial charge in [-0.3, -0.25) is 9.59 Å². The number of hydrogen-bond acceptors (Lipinski definition) is 4. The first-order valence-electron chi connectivity index (χ1n) is 6.45. The van der Waals surface area contributed by atoms with Crippen molar-refractivity contribution in [2.45, 2.75) is 11.9 Å². The minimum absolute atomic E-state index is 0.109. The molecule has 0 saturated carbocycles. The Bertz CT molecular complexity index is 659. The first-order chi connectivity index (χ1) is 10.5. The molecular weight excluding hydrogens is 366 g/mol. The third-order valence-electron chi connectivity index (χ3n) is 2.54. The van der Waals surface area contributed by atoms with Crippen molar-refractivity contribution in [2.24, 2.45) is 0 Å². The number of halogens is 1. The fraction of sp³-hybridized carbons (Fsp3) is 0.133. The second kappa shape index (κ2) is 7.95. The number of pyridine rings is 1. The minimum Gasteiger partial charge on any atom is -0.326 e. The summed E-state index contributed by atoms with van der Waals surface area (Å²) in [6.07, 6.45) is 1.70. The highest BCUT2D eigenvalue weighted by atomic mass is 79.9. The zero-order valence-corrected chi connectivity index (χ0v) is 14.2. The predicted octanol–water partition coefficient (Wildman–Crippen LogP) is 3.53. The molecule has 114 valence electrons. The summed E-state index contributed by atoms with van der Waals surface area (Å²) in [6, 6.07) is 10.7. The topological polar surface area (TPSA) is 71.1 Å². The number of aromatic nitrogens is 1. The third kappa shape index (κ3) is 5.50. The third-order valence-corrected chi connectivity index (χ3v) is 3.95. The molecule has 0 saturated heterocycles. The molecule has 5 nitrogen and oxygen atoms in total. The minimum atomic E-state index is -0.129. The monoisotopic (exact) mass is 379 g/mol. The molecular formula is C15H14BrN3O2S. The van der Waals surface area contributed by atoms with Gasteiger partial charge in [0.05, 0.1) is 10.8 Å². The molecule has 1 aromatic carbocycles. The number of amides is 2. The van der Waals surface area contributed by atoms with Crippen molar-refractivity contribution in [2.75, 3.05) is 16.4 Å². The first-order valence-corrected chi connectivity index (χ1v) is 8.22. The van der Waals surface area contributed by atoms with Gasteiger partial charge in [0.1, 0.15) is 0 Å². The van der Waals surface area contributed by atoms with E-state index in [4.69, 9.17) is 0 Å². The number of rotatable bonds is 5. The van der Waals surface area contributed by atoms with Crippen LogP contribution in [0.5, 0.6) is 0 Å². The van der Waals surface area contributed by atoms with Crippen molar-refractivity contribution < 1.29 is 9.59 Å². The maximum absolute atomic E-state index is 11.9. The van der Waals surface area contributed by atoms with E-state index in [1.165, 1.54) is 18.7 Å². The van der Waals surface area contributed by atoms with Crippen LogP contribution in [0.15, 0.2) is 52.1 Å². The van der Waals surface area contributed by atoms with Gasteiger partial charge in [0, 0.05) is 29.0 Å². The maximum atomic E-state index is 11.9. The fourth-order valence-corrected chi connectivity index (χ4v) is 2.50. The van der Waals surface area contributed by atoms with Gasteiger partial charge in [-0.15, -0.1) is 0 Å². The zero-order valence-electron chi connectivity index (χ0n) is 11.8. The van der Waals surface area contributed by atoms with E-state index in [1.807, 2.05) is 12.1 Å². The van der Waals surface area contributed by atoms with Crippen molar-refractivity contribution in [3.63, 3.8) is 0 Å². The van der Waals surface area contributed by atoms with Crippen LogP contribution in [0.3, 0.4) is 0 Å². The molecule has 0 bridgehead atoms. The summed E-state index contributed by atoms with van der Waals surface area (Å²) < 4.78 is 0.903. The molecule has 2 rings (SSSR count). The van der Waals surface area contributed by atoms with Crippen LogP contribution in [0.4, 0.5) is 11.4 Å². The van der Waals surface area contributed by atoms with E-state index >= 15 is 0 Å². The highest BCUT2D eigenvalue weighted by molar-refractivity contribution is 9.10. The van der Waals surface area contributed by atoms with Gasteiger partial charge >= 0.3 is 0 Å². The summed E-state index contributed by atoms with van der Waals surface area (Å²) in [6.45, 7) is 1.45. The molecule has 0 unspecified atom stereocenters. The second-order valence-corrected chi connectivity index (χ2v) is 6.32. The van der Waals surface area contributed by atoms with Crippen LogP contribution in [0.25, 0.3) is 0 Å². The lowest BCUT2D eigenvalue weighted by Gasteiger charge is -2.07. The van der Waals surface area contributed by atoms with Crippen LogP contribution < -0.4 is 10.6 Å². The van der Waals surface area contributed by atoms with Gasteiger partial charge in [-0.05, 0) is 52.3 Å². The Morgan fingerprint density at radius 2 is 1.73 bits per heavy atom. The Balaban J connectivity index is 1.83. The molecule has 0 radical (unpaired) electrons. The van der Waals surface area contributed by atoms with Crippen molar-refractivity contribution in [3.05, 3.63) is 47.1 Å². The van der Waals surface area contributed by atoms with Crippen molar-refractivity contribution in [1.82, 2.24) is 4.98 Å². The molecule has 1 heterocycles. The summed E-state index contributed by atoms with van der Waals surface area (Å²) >= 11 is 4.68. The molecule has 0 aliphatic carbocycles. The van der Waals surface area contributed by atoms with E-state index in [2.05, 4.69) is 31.5 Å². The lowest BCUT2D eigenvalue weighted by atomic mass is 10.3. The summed E-state index contributed by atoms with van der Waals surface area (Å²) in [7, 11) is 0. The van der Waals surface area contributed by atoms with E-state index in [9.17, 15) is 9.59 Å². The van der Waals surface area contributed by atoms with E-state index in [-0.39, 0.29) is 17.6 Å².